The molecule has 0 radical (unpaired) electrons. The van der Waals surface area contributed by atoms with Gasteiger partial charge < -0.3 is 0 Å². The molecular formula is C13H9IN4. The lowest BCUT2D eigenvalue weighted by atomic mass is 10.2. The van der Waals surface area contributed by atoms with Gasteiger partial charge >= 0.3 is 0 Å². The molecule has 0 atom stereocenters. The van der Waals surface area contributed by atoms with E-state index in [0.717, 1.165) is 20.6 Å². The minimum Gasteiger partial charge on any atom is -0.193 e. The molecule has 0 N–H and O–H groups in total. The maximum absolute atomic E-state index is 4.09. The molecule has 5 heteroatoms. The van der Waals surface area contributed by atoms with Gasteiger partial charge in [-0.1, -0.05) is 36.4 Å². The molecule has 0 aliphatic carbocycles. The summed E-state index contributed by atoms with van der Waals surface area (Å²) in [5.41, 5.74) is 1.96. The zero-order valence-corrected chi connectivity index (χ0v) is 11.5. The molecule has 1 heterocycles. The minimum absolute atomic E-state index is 0.748. The van der Waals surface area contributed by atoms with Gasteiger partial charge in [0.1, 0.15) is 0 Å². The number of tetrazole rings is 1. The van der Waals surface area contributed by atoms with E-state index in [1.54, 1.807) is 4.68 Å². The molecule has 0 spiro atoms. The van der Waals surface area contributed by atoms with E-state index in [9.17, 15) is 0 Å². The van der Waals surface area contributed by atoms with Gasteiger partial charge in [-0.2, -0.15) is 4.68 Å². The van der Waals surface area contributed by atoms with Crippen LogP contribution in [0.2, 0.25) is 0 Å². The topological polar surface area (TPSA) is 43.6 Å². The van der Waals surface area contributed by atoms with Crippen molar-refractivity contribution >= 4 is 22.6 Å². The lowest BCUT2D eigenvalue weighted by Crippen LogP contribution is -1.99. The quantitative estimate of drug-likeness (QED) is 0.669. The molecule has 4 nitrogen and oxygen atoms in total. The van der Waals surface area contributed by atoms with E-state index in [0.29, 0.717) is 0 Å². The standard InChI is InChI=1S/C13H9IN4/c14-11-7-4-8-12(9-11)18-13(15-16-17-18)10-5-2-1-3-6-10/h1-9H. The monoisotopic (exact) mass is 348 g/mol. The minimum atomic E-state index is 0.748. The maximum Gasteiger partial charge on any atom is 0.187 e. The predicted octanol–water partition coefficient (Wildman–Crippen LogP) is 2.93. The Bertz CT molecular complexity index is 664. The molecule has 88 valence electrons. The van der Waals surface area contributed by atoms with Crippen LogP contribution in [0, 0.1) is 3.57 Å². The number of rotatable bonds is 2. The summed E-state index contributed by atoms with van der Waals surface area (Å²) in [5.74, 6) is 0.748. The van der Waals surface area contributed by atoms with Crippen molar-refractivity contribution < 1.29 is 0 Å². The normalized spacial score (nSPS) is 10.5. The van der Waals surface area contributed by atoms with Crippen molar-refractivity contribution in [1.29, 1.82) is 0 Å². The van der Waals surface area contributed by atoms with Gasteiger partial charge in [-0.05, 0) is 51.2 Å². The summed E-state index contributed by atoms with van der Waals surface area (Å²) in [4.78, 5) is 0. The fourth-order valence-corrected chi connectivity index (χ4v) is 2.26. The summed E-state index contributed by atoms with van der Waals surface area (Å²) in [5, 5.41) is 11.9. The Labute approximate surface area is 118 Å². The van der Waals surface area contributed by atoms with Crippen molar-refractivity contribution in [3.05, 3.63) is 58.2 Å². The molecule has 0 saturated heterocycles. The van der Waals surface area contributed by atoms with Gasteiger partial charge in [0, 0.05) is 9.13 Å². The average molecular weight is 348 g/mol. The van der Waals surface area contributed by atoms with Crippen LogP contribution in [0.15, 0.2) is 54.6 Å². The Balaban J connectivity index is 2.13. The average Bonchev–Trinajstić information content (AvgIpc) is 2.89. The molecule has 3 rings (SSSR count). The molecule has 0 fully saturated rings. The highest BCUT2D eigenvalue weighted by molar-refractivity contribution is 14.1. The van der Waals surface area contributed by atoms with Crippen LogP contribution in [0.1, 0.15) is 0 Å². The Morgan fingerprint density at radius 3 is 2.56 bits per heavy atom. The Hall–Kier alpha value is -1.76. The molecule has 0 amide bonds. The highest BCUT2D eigenvalue weighted by atomic mass is 127. The molecule has 0 unspecified atom stereocenters. The third-order valence-electron chi connectivity index (χ3n) is 2.55. The first kappa shape index (κ1) is 11.3. The first-order chi connectivity index (χ1) is 8.84. The number of halogens is 1. The van der Waals surface area contributed by atoms with Crippen LogP contribution >= 0.6 is 22.6 Å². The van der Waals surface area contributed by atoms with Gasteiger partial charge in [0.15, 0.2) is 5.82 Å². The van der Waals surface area contributed by atoms with Gasteiger partial charge in [-0.15, -0.1) is 5.10 Å². The first-order valence-electron chi connectivity index (χ1n) is 5.44. The number of aromatic nitrogens is 4. The summed E-state index contributed by atoms with van der Waals surface area (Å²) in [6, 6.07) is 18.0. The zero-order chi connectivity index (χ0) is 12.4. The van der Waals surface area contributed by atoms with Crippen LogP contribution in [0.4, 0.5) is 0 Å². The summed E-state index contributed by atoms with van der Waals surface area (Å²) in [6.45, 7) is 0. The molecular weight excluding hydrogens is 339 g/mol. The molecule has 18 heavy (non-hydrogen) atoms. The summed E-state index contributed by atoms with van der Waals surface area (Å²) < 4.78 is 2.90. The first-order valence-corrected chi connectivity index (χ1v) is 6.52. The van der Waals surface area contributed by atoms with Crippen molar-refractivity contribution in [1.82, 2.24) is 20.2 Å². The van der Waals surface area contributed by atoms with Crippen LogP contribution in [-0.2, 0) is 0 Å². The lowest BCUT2D eigenvalue weighted by molar-refractivity contribution is 0.791. The molecule has 2 aromatic carbocycles. The molecule has 0 aliphatic rings. The van der Waals surface area contributed by atoms with Crippen molar-refractivity contribution in [2.45, 2.75) is 0 Å². The highest BCUT2D eigenvalue weighted by Crippen LogP contribution is 2.19. The number of benzene rings is 2. The number of hydrogen-bond acceptors (Lipinski definition) is 3. The third-order valence-corrected chi connectivity index (χ3v) is 3.23. The summed E-state index contributed by atoms with van der Waals surface area (Å²) in [6.07, 6.45) is 0. The Morgan fingerprint density at radius 1 is 0.944 bits per heavy atom. The van der Waals surface area contributed by atoms with E-state index in [-0.39, 0.29) is 0 Å². The molecule has 3 aromatic rings. The van der Waals surface area contributed by atoms with Gasteiger partial charge in [-0.3, -0.25) is 0 Å². The van der Waals surface area contributed by atoms with Gasteiger partial charge in [0.2, 0.25) is 0 Å². The Morgan fingerprint density at radius 2 is 1.78 bits per heavy atom. The Kier molecular flexibility index (Phi) is 3.06. The number of nitrogens with zero attached hydrogens (tertiary/aromatic N) is 4. The summed E-state index contributed by atoms with van der Waals surface area (Å²) >= 11 is 2.27. The second-order valence-corrected chi connectivity index (χ2v) is 5.01. The van der Waals surface area contributed by atoms with E-state index < -0.39 is 0 Å². The molecule has 1 aromatic heterocycles. The molecule has 0 bridgehead atoms. The van der Waals surface area contributed by atoms with Crippen LogP contribution in [0.3, 0.4) is 0 Å². The smallest absolute Gasteiger partial charge is 0.187 e. The zero-order valence-electron chi connectivity index (χ0n) is 9.36. The second kappa shape index (κ2) is 4.85. The van der Waals surface area contributed by atoms with E-state index in [2.05, 4.69) is 38.1 Å². The van der Waals surface area contributed by atoms with Crippen LogP contribution in [0.25, 0.3) is 17.1 Å². The van der Waals surface area contributed by atoms with Crippen molar-refractivity contribution in [2.75, 3.05) is 0 Å². The maximum atomic E-state index is 4.09. The molecule has 0 saturated carbocycles. The fraction of sp³-hybridized carbons (Fsp3) is 0. The number of hydrogen-bond donors (Lipinski definition) is 0. The van der Waals surface area contributed by atoms with Gasteiger partial charge in [-0.25, -0.2) is 0 Å². The van der Waals surface area contributed by atoms with E-state index in [1.165, 1.54) is 0 Å². The highest BCUT2D eigenvalue weighted by Gasteiger charge is 2.09. The third kappa shape index (κ3) is 2.13. The second-order valence-electron chi connectivity index (χ2n) is 3.76. The SMILES string of the molecule is Ic1cccc(-n2nnnc2-c2ccccc2)c1. The lowest BCUT2D eigenvalue weighted by Gasteiger charge is -2.04. The van der Waals surface area contributed by atoms with Crippen molar-refractivity contribution in [3.8, 4) is 17.1 Å². The van der Waals surface area contributed by atoms with Gasteiger partial charge in [0.25, 0.3) is 0 Å². The van der Waals surface area contributed by atoms with Crippen molar-refractivity contribution in [3.63, 3.8) is 0 Å². The van der Waals surface area contributed by atoms with Crippen LogP contribution in [-0.4, -0.2) is 20.2 Å². The predicted molar refractivity (Wildman–Crippen MR) is 77.3 cm³/mol. The van der Waals surface area contributed by atoms with Crippen molar-refractivity contribution in [2.24, 2.45) is 0 Å². The van der Waals surface area contributed by atoms with E-state index >= 15 is 0 Å². The van der Waals surface area contributed by atoms with Gasteiger partial charge in [0.05, 0.1) is 5.69 Å². The van der Waals surface area contributed by atoms with E-state index in [4.69, 9.17) is 0 Å². The van der Waals surface area contributed by atoms with Crippen LogP contribution < -0.4 is 0 Å². The largest absolute Gasteiger partial charge is 0.193 e. The summed E-state index contributed by atoms with van der Waals surface area (Å²) in [7, 11) is 0. The van der Waals surface area contributed by atoms with Crippen LogP contribution in [0.5, 0.6) is 0 Å². The van der Waals surface area contributed by atoms with E-state index in [1.807, 2.05) is 54.6 Å². The molecule has 0 aliphatic heterocycles. The fourth-order valence-electron chi connectivity index (χ4n) is 1.74.